The first-order valence-corrected chi connectivity index (χ1v) is 5.12. The number of aromatic amines is 4. The Morgan fingerprint density at radius 3 is 1.33 bits per heavy atom. The van der Waals surface area contributed by atoms with Crippen molar-refractivity contribution in [3.63, 3.8) is 0 Å². The molecule has 0 unspecified atom stereocenters. The van der Waals surface area contributed by atoms with Gasteiger partial charge in [-0.15, -0.1) is 0 Å². The van der Waals surface area contributed by atoms with Crippen LogP contribution in [0.15, 0.2) is 24.5 Å². The summed E-state index contributed by atoms with van der Waals surface area (Å²) in [6, 6.07) is 3.41. The number of hydrogen-bond donors (Lipinski definition) is 4. The monoisotopic (exact) mass is 414 g/mol. The number of aromatic nitrogens is 4. The molecule has 0 aliphatic rings. The molecule has 0 aliphatic carbocycles. The van der Waals surface area contributed by atoms with Crippen molar-refractivity contribution in [2.45, 2.75) is 0 Å². The minimum Gasteiger partial charge on any atom is -1.00 e. The quantitative estimate of drug-likeness (QED) is 0.321. The molecule has 0 bridgehead atoms. The summed E-state index contributed by atoms with van der Waals surface area (Å²) in [7, 11) is 0. The summed E-state index contributed by atoms with van der Waals surface area (Å²) in [5, 5.41) is 0. The van der Waals surface area contributed by atoms with E-state index in [0.717, 1.165) is 0 Å². The predicted octanol–water partition coefficient (Wildman–Crippen LogP) is -5.71. The van der Waals surface area contributed by atoms with E-state index in [1.54, 1.807) is 24.5 Å². The Morgan fingerprint density at radius 1 is 0.833 bits per heavy atom. The van der Waals surface area contributed by atoms with Gasteiger partial charge in [-0.3, -0.25) is 0 Å². The van der Waals surface area contributed by atoms with Gasteiger partial charge in [-0.1, -0.05) is 0 Å². The minimum atomic E-state index is 0. The number of halogens is 2. The molecular formula is C8H12Br2N6S2. The standard InChI is InChI=1S/2C4H5N3S.2BrH/c2*5-3-1-2-6-4(8)7-3;;/h2*1-2H,(H3,5,6,7,8);2*1H. The molecule has 0 amide bonds. The van der Waals surface area contributed by atoms with E-state index in [1.807, 2.05) is 0 Å². The van der Waals surface area contributed by atoms with Crippen molar-refractivity contribution in [2.24, 2.45) is 0 Å². The summed E-state index contributed by atoms with van der Waals surface area (Å²) in [6.07, 6.45) is 3.38. The van der Waals surface area contributed by atoms with Crippen molar-refractivity contribution in [2.75, 3.05) is 11.5 Å². The molecule has 6 nitrogen and oxygen atoms in total. The van der Waals surface area contributed by atoms with Crippen LogP contribution in [0.2, 0.25) is 0 Å². The lowest BCUT2D eigenvalue weighted by molar-refractivity contribution is -0.391. The molecule has 0 fully saturated rings. The normalized spacial score (nSPS) is 8.00. The zero-order valence-electron chi connectivity index (χ0n) is 9.04. The average molecular weight is 416 g/mol. The van der Waals surface area contributed by atoms with E-state index in [9.17, 15) is 0 Å². The second kappa shape index (κ2) is 10.1. The Balaban J connectivity index is 0. The van der Waals surface area contributed by atoms with Crippen LogP contribution in [-0.2, 0) is 0 Å². The maximum atomic E-state index is 5.32. The first kappa shape index (κ1) is 19.5. The highest BCUT2D eigenvalue weighted by Gasteiger charge is 1.86. The Bertz CT molecular complexity index is 518. The fourth-order valence-corrected chi connectivity index (χ4v) is 1.20. The topological polar surface area (TPSA) is 112 Å². The number of nitrogens with two attached hydrogens (primary N) is 2. The number of rotatable bonds is 0. The van der Waals surface area contributed by atoms with E-state index < -0.39 is 0 Å². The van der Waals surface area contributed by atoms with Gasteiger partial charge in [0.05, 0.1) is 12.4 Å². The first-order chi connectivity index (χ1) is 7.58. The second-order valence-electron chi connectivity index (χ2n) is 2.77. The number of nitrogen functional groups attached to an aromatic ring is 2. The molecular weight excluding hydrogens is 404 g/mol. The fraction of sp³-hybridized carbons (Fsp3) is 0. The second-order valence-corrected chi connectivity index (χ2v) is 3.59. The van der Waals surface area contributed by atoms with Gasteiger partial charge < -0.3 is 45.4 Å². The summed E-state index contributed by atoms with van der Waals surface area (Å²) in [5.74, 6) is 1.16. The Labute approximate surface area is 135 Å². The molecule has 2 rings (SSSR count). The molecule has 0 radical (unpaired) electrons. The van der Waals surface area contributed by atoms with E-state index in [-0.39, 0.29) is 34.0 Å². The van der Waals surface area contributed by atoms with Gasteiger partial charge in [0.15, 0.2) is 11.6 Å². The molecule has 2 aromatic rings. The Hall–Kier alpha value is -0.840. The van der Waals surface area contributed by atoms with Gasteiger partial charge in [0.1, 0.15) is 0 Å². The molecule has 0 saturated heterocycles. The molecule has 0 atom stereocenters. The Morgan fingerprint density at radius 2 is 1.17 bits per heavy atom. The van der Waals surface area contributed by atoms with Gasteiger partial charge in [0.25, 0.3) is 0 Å². The number of anilines is 2. The SMILES string of the molecule is Nc1cc[nH+]c(=S)[nH]1.Nc1cc[nH+]c(=S)[nH]1.[Br-].[Br-]. The van der Waals surface area contributed by atoms with Crippen molar-refractivity contribution in [3.8, 4) is 0 Å². The van der Waals surface area contributed by atoms with Crippen molar-refractivity contribution in [3.05, 3.63) is 34.1 Å². The van der Waals surface area contributed by atoms with E-state index >= 15 is 0 Å². The van der Waals surface area contributed by atoms with Crippen LogP contribution in [0.3, 0.4) is 0 Å². The molecule has 100 valence electrons. The lowest BCUT2D eigenvalue weighted by atomic mass is 10.6. The third-order valence-electron chi connectivity index (χ3n) is 1.47. The molecule has 2 aromatic heterocycles. The third-order valence-corrected chi connectivity index (χ3v) is 1.91. The van der Waals surface area contributed by atoms with Crippen LogP contribution < -0.4 is 55.4 Å². The molecule has 0 aliphatic heterocycles. The molecule has 2 heterocycles. The molecule has 18 heavy (non-hydrogen) atoms. The lowest BCUT2D eigenvalue weighted by Crippen LogP contribution is -3.00. The Kier molecular flexibility index (Phi) is 11.0. The highest BCUT2D eigenvalue weighted by molar-refractivity contribution is 7.71. The summed E-state index contributed by atoms with van der Waals surface area (Å²) >= 11 is 9.42. The van der Waals surface area contributed by atoms with E-state index in [2.05, 4.69) is 19.9 Å². The molecule has 0 spiro atoms. The average Bonchev–Trinajstić information content (AvgIpc) is 2.17. The van der Waals surface area contributed by atoms with E-state index in [0.29, 0.717) is 21.2 Å². The zero-order chi connectivity index (χ0) is 12.0. The predicted molar refractivity (Wildman–Crippen MR) is 65.2 cm³/mol. The van der Waals surface area contributed by atoms with Gasteiger partial charge in [-0.2, -0.15) is 0 Å². The number of hydrogen-bond acceptors (Lipinski definition) is 4. The van der Waals surface area contributed by atoms with Crippen molar-refractivity contribution >= 4 is 36.1 Å². The van der Waals surface area contributed by atoms with Crippen LogP contribution in [0.25, 0.3) is 0 Å². The highest BCUT2D eigenvalue weighted by Crippen LogP contribution is 1.86. The molecule has 8 N–H and O–H groups in total. The van der Waals surface area contributed by atoms with Crippen LogP contribution in [0, 0.1) is 9.54 Å². The number of nitrogens with one attached hydrogen (secondary N) is 4. The van der Waals surface area contributed by atoms with Crippen molar-refractivity contribution < 1.29 is 43.9 Å². The van der Waals surface area contributed by atoms with Gasteiger partial charge in [-0.05, 0) is 0 Å². The minimum absolute atomic E-state index is 0. The summed E-state index contributed by atoms with van der Waals surface area (Å²) < 4.78 is 1.09. The summed E-state index contributed by atoms with van der Waals surface area (Å²) in [5.41, 5.74) is 10.6. The van der Waals surface area contributed by atoms with Gasteiger partial charge in [0, 0.05) is 36.6 Å². The summed E-state index contributed by atoms with van der Waals surface area (Å²) in [6.45, 7) is 0. The van der Waals surface area contributed by atoms with E-state index in [4.69, 9.17) is 35.9 Å². The largest absolute Gasteiger partial charge is 1.00 e. The van der Waals surface area contributed by atoms with Crippen LogP contribution in [0.4, 0.5) is 11.6 Å². The van der Waals surface area contributed by atoms with Crippen LogP contribution in [-0.4, -0.2) is 9.97 Å². The van der Waals surface area contributed by atoms with Gasteiger partial charge in [0.2, 0.25) is 0 Å². The van der Waals surface area contributed by atoms with Crippen LogP contribution >= 0.6 is 24.4 Å². The summed E-state index contributed by atoms with van der Waals surface area (Å²) in [4.78, 5) is 10.9. The molecule has 10 heteroatoms. The van der Waals surface area contributed by atoms with E-state index in [1.165, 1.54) is 0 Å². The van der Waals surface area contributed by atoms with Crippen molar-refractivity contribution in [1.82, 2.24) is 9.97 Å². The lowest BCUT2D eigenvalue weighted by Gasteiger charge is -1.79. The molecule has 0 saturated carbocycles. The number of H-pyrrole nitrogens is 4. The van der Waals surface area contributed by atoms with Crippen molar-refractivity contribution in [1.29, 1.82) is 0 Å². The zero-order valence-corrected chi connectivity index (χ0v) is 13.8. The third kappa shape index (κ3) is 8.28. The van der Waals surface area contributed by atoms with Gasteiger partial charge in [-0.25, -0.2) is 19.9 Å². The first-order valence-electron chi connectivity index (χ1n) is 4.31. The smallest absolute Gasteiger partial charge is 0.347 e. The molecule has 0 aromatic carbocycles. The maximum absolute atomic E-state index is 5.32. The maximum Gasteiger partial charge on any atom is 0.347 e. The van der Waals surface area contributed by atoms with Crippen LogP contribution in [0.1, 0.15) is 0 Å². The van der Waals surface area contributed by atoms with Crippen LogP contribution in [0.5, 0.6) is 0 Å². The fourth-order valence-electron chi connectivity index (χ4n) is 0.832. The van der Waals surface area contributed by atoms with Gasteiger partial charge >= 0.3 is 9.54 Å². The highest BCUT2D eigenvalue weighted by atomic mass is 79.9.